The number of ether oxygens (including phenoxy) is 3. The molecule has 3 aromatic carbocycles. The van der Waals surface area contributed by atoms with Crippen LogP contribution >= 0.6 is 0 Å². The van der Waals surface area contributed by atoms with Gasteiger partial charge in [-0.3, -0.25) is 0 Å². The first-order valence-electron chi connectivity index (χ1n) is 16.0. The van der Waals surface area contributed by atoms with Crippen LogP contribution in [0.1, 0.15) is 112 Å². The van der Waals surface area contributed by atoms with Crippen molar-refractivity contribution >= 4 is 18.1 Å². The van der Waals surface area contributed by atoms with Crippen LogP contribution in [0.5, 0.6) is 5.75 Å². The van der Waals surface area contributed by atoms with Crippen molar-refractivity contribution in [2.45, 2.75) is 97.5 Å². The Bertz CT molecular complexity index is 1330. The minimum atomic E-state index is -1.21. The van der Waals surface area contributed by atoms with Crippen molar-refractivity contribution in [3.05, 3.63) is 77.9 Å². The van der Waals surface area contributed by atoms with Crippen LogP contribution in [0.4, 0.5) is 4.79 Å². The van der Waals surface area contributed by atoms with Gasteiger partial charge < -0.3 is 19.3 Å². The summed E-state index contributed by atoms with van der Waals surface area (Å²) in [7, 11) is 0. The first kappa shape index (κ1) is 34.4. The average molecular weight is 603 g/mol. The predicted octanol–water partition coefficient (Wildman–Crippen LogP) is 10.1. The molecule has 3 rings (SSSR count). The lowest BCUT2D eigenvalue weighted by molar-refractivity contribution is 0.0233. The zero-order valence-corrected chi connectivity index (χ0v) is 26.3. The summed E-state index contributed by atoms with van der Waals surface area (Å²) in [6.07, 6.45) is 10.7. The van der Waals surface area contributed by atoms with Crippen molar-refractivity contribution < 1.29 is 33.7 Å². The number of rotatable bonds is 18. The third kappa shape index (κ3) is 10.5. The van der Waals surface area contributed by atoms with Gasteiger partial charge in [0.25, 0.3) is 0 Å². The maximum atomic E-state index is 13.2. The molecule has 3 aromatic rings. The zero-order valence-electron chi connectivity index (χ0n) is 26.3. The Morgan fingerprint density at radius 1 is 0.727 bits per heavy atom. The second-order valence-corrected chi connectivity index (χ2v) is 11.1. The van der Waals surface area contributed by atoms with Gasteiger partial charge in [0.2, 0.25) is 0 Å². The SMILES string of the molecule is CCCCCCCCCCOc1ccc(-c2ccc(C(=O)OC(=O)OC(C)CCCC)c(-c3ccccc3)c2C(=O)O)cc1. The number of unbranched alkanes of at least 4 members (excludes halogenated alkanes) is 8. The molecule has 0 spiro atoms. The predicted molar refractivity (Wildman–Crippen MR) is 173 cm³/mol. The molecule has 0 fully saturated rings. The molecule has 0 aromatic heterocycles. The lowest BCUT2D eigenvalue weighted by atomic mass is 9.88. The molecule has 0 saturated carbocycles. The van der Waals surface area contributed by atoms with Gasteiger partial charge in [-0.25, -0.2) is 14.4 Å². The molecule has 0 bridgehead atoms. The van der Waals surface area contributed by atoms with Crippen LogP contribution in [0.15, 0.2) is 66.7 Å². The number of carbonyl (C=O) groups is 3. The van der Waals surface area contributed by atoms with E-state index in [-0.39, 0.29) is 16.7 Å². The summed E-state index contributed by atoms with van der Waals surface area (Å²) in [6.45, 7) is 6.62. The Kier molecular flexibility index (Phi) is 14.5. The molecule has 44 heavy (non-hydrogen) atoms. The normalized spacial score (nSPS) is 11.5. The topological polar surface area (TPSA) is 99.1 Å². The monoisotopic (exact) mass is 602 g/mol. The van der Waals surface area contributed by atoms with Crippen LogP contribution in [-0.2, 0) is 9.47 Å². The van der Waals surface area contributed by atoms with Crippen molar-refractivity contribution in [1.82, 2.24) is 0 Å². The third-order valence-electron chi connectivity index (χ3n) is 7.57. The van der Waals surface area contributed by atoms with Crippen molar-refractivity contribution in [1.29, 1.82) is 0 Å². The fourth-order valence-corrected chi connectivity index (χ4v) is 5.17. The van der Waals surface area contributed by atoms with Gasteiger partial charge in [-0.15, -0.1) is 0 Å². The lowest BCUT2D eigenvalue weighted by Crippen LogP contribution is -2.20. The highest BCUT2D eigenvalue weighted by Gasteiger charge is 2.27. The van der Waals surface area contributed by atoms with E-state index in [9.17, 15) is 19.5 Å². The summed E-state index contributed by atoms with van der Waals surface area (Å²) in [5.41, 5.74) is 1.65. The number of carboxylic acid groups (broad SMARTS) is 1. The quantitative estimate of drug-likeness (QED) is 0.0878. The van der Waals surface area contributed by atoms with Crippen LogP contribution in [0.25, 0.3) is 22.3 Å². The summed E-state index contributed by atoms with van der Waals surface area (Å²) < 4.78 is 16.2. The van der Waals surface area contributed by atoms with Gasteiger partial charge in [-0.1, -0.05) is 120 Å². The third-order valence-corrected chi connectivity index (χ3v) is 7.57. The van der Waals surface area contributed by atoms with Gasteiger partial charge in [-0.05, 0) is 54.7 Å². The Balaban J connectivity index is 1.78. The average Bonchev–Trinajstić information content (AvgIpc) is 3.02. The highest BCUT2D eigenvalue weighted by molar-refractivity contribution is 6.10. The fourth-order valence-electron chi connectivity index (χ4n) is 5.17. The molecule has 0 heterocycles. The molecule has 7 heteroatoms. The number of aromatic carboxylic acids is 1. The van der Waals surface area contributed by atoms with Gasteiger partial charge >= 0.3 is 18.1 Å². The van der Waals surface area contributed by atoms with Crippen LogP contribution in [0.3, 0.4) is 0 Å². The van der Waals surface area contributed by atoms with E-state index >= 15 is 0 Å². The Morgan fingerprint density at radius 3 is 2.00 bits per heavy atom. The number of hydrogen-bond donors (Lipinski definition) is 1. The molecule has 7 nitrogen and oxygen atoms in total. The molecule has 0 aliphatic rings. The standard InChI is InChI=1S/C37H46O7/c1-4-6-8-9-10-11-12-16-26-42-30-22-20-28(21-23-30)31-24-25-32(36(40)44-37(41)43-27(3)17-7-5-2)33(34(31)35(38)39)29-18-14-13-15-19-29/h13-15,18-25,27H,4-12,16-17,26H2,1-3H3,(H,38,39). The number of carbonyl (C=O) groups excluding carboxylic acids is 2. The van der Waals surface area contributed by atoms with E-state index in [1.54, 1.807) is 43.3 Å². The van der Waals surface area contributed by atoms with E-state index in [0.717, 1.165) is 25.7 Å². The van der Waals surface area contributed by atoms with Gasteiger partial charge in [0.1, 0.15) is 11.9 Å². The van der Waals surface area contributed by atoms with Crippen molar-refractivity contribution in [3.63, 3.8) is 0 Å². The van der Waals surface area contributed by atoms with Gasteiger partial charge in [0, 0.05) is 5.56 Å². The fraction of sp³-hybridized carbons (Fsp3) is 0.432. The van der Waals surface area contributed by atoms with Crippen LogP contribution < -0.4 is 4.74 Å². The zero-order chi connectivity index (χ0) is 31.7. The van der Waals surface area contributed by atoms with Gasteiger partial charge in [-0.2, -0.15) is 0 Å². The molecule has 0 saturated heterocycles. The molecule has 0 aliphatic carbocycles. The molecule has 0 radical (unpaired) electrons. The van der Waals surface area contributed by atoms with E-state index < -0.39 is 24.2 Å². The van der Waals surface area contributed by atoms with Gasteiger partial charge in [0.05, 0.1) is 17.7 Å². The summed E-state index contributed by atoms with van der Waals surface area (Å²) in [4.78, 5) is 38.3. The summed E-state index contributed by atoms with van der Waals surface area (Å²) in [6, 6.07) is 19.1. The number of benzene rings is 3. The summed E-state index contributed by atoms with van der Waals surface area (Å²) in [5.74, 6) is -1.47. The molecule has 1 N–H and O–H groups in total. The number of hydrogen-bond acceptors (Lipinski definition) is 6. The molecule has 236 valence electrons. The molecular weight excluding hydrogens is 556 g/mol. The van der Waals surface area contributed by atoms with Crippen LogP contribution in [0, 0.1) is 0 Å². The minimum Gasteiger partial charge on any atom is -0.494 e. The Hall–Kier alpha value is -4.13. The van der Waals surface area contributed by atoms with Crippen LogP contribution in [-0.4, -0.2) is 35.9 Å². The van der Waals surface area contributed by atoms with Crippen molar-refractivity contribution in [2.75, 3.05) is 6.61 Å². The van der Waals surface area contributed by atoms with E-state index in [2.05, 4.69) is 6.92 Å². The molecule has 0 amide bonds. The summed E-state index contributed by atoms with van der Waals surface area (Å²) >= 11 is 0. The van der Waals surface area contributed by atoms with E-state index in [4.69, 9.17) is 14.2 Å². The number of carboxylic acids is 1. The smallest absolute Gasteiger partial charge is 0.494 e. The van der Waals surface area contributed by atoms with Crippen molar-refractivity contribution in [3.8, 4) is 28.0 Å². The van der Waals surface area contributed by atoms with E-state index in [1.165, 1.54) is 44.6 Å². The highest BCUT2D eigenvalue weighted by atomic mass is 16.7. The largest absolute Gasteiger partial charge is 0.516 e. The number of esters is 1. The second kappa shape index (κ2) is 18.5. The molecule has 0 aliphatic heterocycles. The Labute approximate surface area is 261 Å². The second-order valence-electron chi connectivity index (χ2n) is 11.1. The lowest BCUT2D eigenvalue weighted by Gasteiger charge is -2.17. The van der Waals surface area contributed by atoms with Crippen molar-refractivity contribution in [2.24, 2.45) is 0 Å². The maximum absolute atomic E-state index is 13.2. The maximum Gasteiger partial charge on any atom is 0.516 e. The highest BCUT2D eigenvalue weighted by Crippen LogP contribution is 2.36. The summed E-state index contributed by atoms with van der Waals surface area (Å²) in [5, 5.41) is 10.4. The Morgan fingerprint density at radius 2 is 1.36 bits per heavy atom. The van der Waals surface area contributed by atoms with Gasteiger partial charge in [0.15, 0.2) is 0 Å². The van der Waals surface area contributed by atoms with E-state index in [1.807, 2.05) is 31.2 Å². The molecular formula is C37H46O7. The first-order chi connectivity index (χ1) is 21.3. The molecule has 1 unspecified atom stereocenters. The van der Waals surface area contributed by atoms with E-state index in [0.29, 0.717) is 35.5 Å². The first-order valence-corrected chi connectivity index (χ1v) is 16.0. The van der Waals surface area contributed by atoms with Crippen LogP contribution in [0.2, 0.25) is 0 Å². The minimum absolute atomic E-state index is 0.0409. The molecule has 1 atom stereocenters.